The lowest BCUT2D eigenvalue weighted by Crippen LogP contribution is -2.27. The molecule has 1 aromatic rings. The predicted molar refractivity (Wildman–Crippen MR) is 69.1 cm³/mol. The lowest BCUT2D eigenvalue weighted by atomic mass is 10.2. The van der Waals surface area contributed by atoms with Crippen molar-refractivity contribution in [2.75, 3.05) is 11.9 Å². The molecule has 3 nitrogen and oxygen atoms in total. The molecule has 0 bridgehead atoms. The maximum Gasteiger partial charge on any atom is 0.253 e. The van der Waals surface area contributed by atoms with Crippen LogP contribution in [0.3, 0.4) is 0 Å². The van der Waals surface area contributed by atoms with E-state index in [1.165, 1.54) is 12.1 Å². The van der Waals surface area contributed by atoms with Gasteiger partial charge in [-0.05, 0) is 25.0 Å². The number of amides is 1. The third-order valence-electron chi connectivity index (χ3n) is 2.48. The highest BCUT2D eigenvalue weighted by atomic mass is 35.5. The summed E-state index contributed by atoms with van der Waals surface area (Å²) >= 11 is 17.7. The van der Waals surface area contributed by atoms with Crippen LogP contribution < -0.4 is 5.32 Å². The van der Waals surface area contributed by atoms with Gasteiger partial charge in [-0.2, -0.15) is 0 Å². The quantitative estimate of drug-likeness (QED) is 0.902. The molecule has 0 spiro atoms. The average Bonchev–Trinajstić information content (AvgIpc) is 2.76. The third kappa shape index (κ3) is 3.05. The minimum atomic E-state index is -0.419. The van der Waals surface area contributed by atoms with E-state index in [9.17, 15) is 4.79 Å². The Balaban J connectivity index is 2.15. The molecule has 1 aromatic carbocycles. The van der Waals surface area contributed by atoms with Crippen molar-refractivity contribution in [3.05, 3.63) is 27.2 Å². The second-order valence-electron chi connectivity index (χ2n) is 3.74. The van der Waals surface area contributed by atoms with E-state index in [0.717, 1.165) is 6.42 Å². The minimum Gasteiger partial charge on any atom is -0.368 e. The van der Waals surface area contributed by atoms with Gasteiger partial charge in [-0.3, -0.25) is 4.79 Å². The van der Waals surface area contributed by atoms with Gasteiger partial charge in [-0.15, -0.1) is 0 Å². The molecule has 1 atom stereocenters. The third-order valence-corrected chi connectivity index (χ3v) is 3.29. The van der Waals surface area contributed by atoms with Crippen LogP contribution in [-0.4, -0.2) is 18.6 Å². The van der Waals surface area contributed by atoms with Crippen LogP contribution in [0.1, 0.15) is 12.8 Å². The molecule has 1 heterocycles. The summed E-state index contributed by atoms with van der Waals surface area (Å²) in [6, 6.07) is 3.06. The van der Waals surface area contributed by atoms with Crippen molar-refractivity contribution in [3.8, 4) is 0 Å². The summed E-state index contributed by atoms with van der Waals surface area (Å²) in [6.07, 6.45) is 1.19. The number of hydrogen-bond donors (Lipinski definition) is 1. The van der Waals surface area contributed by atoms with Gasteiger partial charge in [0.05, 0.1) is 15.7 Å². The van der Waals surface area contributed by atoms with Crippen molar-refractivity contribution >= 4 is 46.4 Å². The number of ether oxygens (including phenoxy) is 1. The molecule has 1 amide bonds. The maximum absolute atomic E-state index is 11.8. The number of carbonyl (C=O) groups is 1. The minimum absolute atomic E-state index is 0.228. The van der Waals surface area contributed by atoms with Crippen molar-refractivity contribution in [1.29, 1.82) is 0 Å². The van der Waals surface area contributed by atoms with E-state index in [4.69, 9.17) is 39.5 Å². The van der Waals surface area contributed by atoms with Crippen molar-refractivity contribution in [1.82, 2.24) is 0 Å². The monoisotopic (exact) mass is 293 g/mol. The van der Waals surface area contributed by atoms with Gasteiger partial charge in [-0.1, -0.05) is 34.8 Å². The Labute approximate surface area is 114 Å². The predicted octanol–water partition coefficient (Wildman–Crippen LogP) is 3.76. The molecule has 1 fully saturated rings. The van der Waals surface area contributed by atoms with Gasteiger partial charge in [0, 0.05) is 11.6 Å². The van der Waals surface area contributed by atoms with Crippen LogP contribution in [-0.2, 0) is 9.53 Å². The smallest absolute Gasteiger partial charge is 0.253 e. The lowest BCUT2D eigenvalue weighted by molar-refractivity contribution is -0.124. The second kappa shape index (κ2) is 5.44. The standard InChI is InChI=1S/C11H10Cl3NO2/c12-6-4-7(13)10(8(14)5-6)15-11(16)9-2-1-3-17-9/h4-5,9H,1-3H2,(H,15,16). The SMILES string of the molecule is O=C(Nc1c(Cl)cc(Cl)cc1Cl)C1CCCO1. The Hall–Kier alpha value is -0.480. The Kier molecular flexibility index (Phi) is 4.15. The molecule has 1 N–H and O–H groups in total. The number of rotatable bonds is 2. The van der Waals surface area contributed by atoms with Crippen LogP contribution in [0.4, 0.5) is 5.69 Å². The first kappa shape index (κ1) is 13.0. The van der Waals surface area contributed by atoms with Crippen LogP contribution in [0.15, 0.2) is 12.1 Å². The first-order valence-corrected chi connectivity index (χ1v) is 6.28. The van der Waals surface area contributed by atoms with Crippen LogP contribution >= 0.6 is 34.8 Å². The van der Waals surface area contributed by atoms with E-state index < -0.39 is 6.10 Å². The van der Waals surface area contributed by atoms with Gasteiger partial charge in [0.2, 0.25) is 0 Å². The van der Waals surface area contributed by atoms with Crippen molar-refractivity contribution in [3.63, 3.8) is 0 Å². The average molecular weight is 295 g/mol. The number of benzene rings is 1. The van der Waals surface area contributed by atoms with Crippen LogP contribution in [0.5, 0.6) is 0 Å². The van der Waals surface area contributed by atoms with E-state index in [2.05, 4.69) is 5.32 Å². The van der Waals surface area contributed by atoms with Gasteiger partial charge in [0.25, 0.3) is 5.91 Å². The second-order valence-corrected chi connectivity index (χ2v) is 4.99. The van der Waals surface area contributed by atoms with Crippen LogP contribution in [0, 0.1) is 0 Å². The molecule has 2 rings (SSSR count). The van der Waals surface area contributed by atoms with Gasteiger partial charge in [0.1, 0.15) is 6.10 Å². The maximum atomic E-state index is 11.8. The number of anilines is 1. The first-order valence-electron chi connectivity index (χ1n) is 5.15. The largest absolute Gasteiger partial charge is 0.368 e. The Bertz CT molecular complexity index is 421. The summed E-state index contributed by atoms with van der Waals surface area (Å²) in [6.45, 7) is 0.611. The van der Waals surface area contributed by atoms with Gasteiger partial charge < -0.3 is 10.1 Å². The van der Waals surface area contributed by atoms with E-state index >= 15 is 0 Å². The number of carbonyl (C=O) groups excluding carboxylic acids is 1. The van der Waals surface area contributed by atoms with E-state index in [1.807, 2.05) is 0 Å². The van der Waals surface area contributed by atoms with E-state index in [0.29, 0.717) is 33.8 Å². The lowest BCUT2D eigenvalue weighted by Gasteiger charge is -2.13. The molecule has 0 aromatic heterocycles. The van der Waals surface area contributed by atoms with E-state index in [-0.39, 0.29) is 5.91 Å². The Morgan fingerprint density at radius 2 is 1.94 bits per heavy atom. The zero-order valence-electron chi connectivity index (χ0n) is 8.80. The summed E-state index contributed by atoms with van der Waals surface area (Å²) in [7, 11) is 0. The Morgan fingerprint density at radius 1 is 1.29 bits per heavy atom. The summed E-state index contributed by atoms with van der Waals surface area (Å²) < 4.78 is 5.27. The molecule has 0 radical (unpaired) electrons. The molecule has 0 saturated carbocycles. The molecule has 1 saturated heterocycles. The Morgan fingerprint density at radius 3 is 2.47 bits per heavy atom. The van der Waals surface area contributed by atoms with Crippen LogP contribution in [0.25, 0.3) is 0 Å². The molecule has 17 heavy (non-hydrogen) atoms. The summed E-state index contributed by atoms with van der Waals surface area (Å²) in [5, 5.41) is 3.71. The number of hydrogen-bond acceptors (Lipinski definition) is 2. The van der Waals surface area contributed by atoms with Gasteiger partial charge in [0.15, 0.2) is 0 Å². The van der Waals surface area contributed by atoms with Crippen molar-refractivity contribution < 1.29 is 9.53 Å². The number of nitrogens with one attached hydrogen (secondary N) is 1. The fourth-order valence-electron chi connectivity index (χ4n) is 1.65. The van der Waals surface area contributed by atoms with Gasteiger partial charge in [-0.25, -0.2) is 0 Å². The zero-order chi connectivity index (χ0) is 12.4. The molecule has 1 aliphatic rings. The van der Waals surface area contributed by atoms with Crippen molar-refractivity contribution in [2.45, 2.75) is 18.9 Å². The fourth-order valence-corrected chi connectivity index (χ4v) is 2.56. The highest BCUT2D eigenvalue weighted by Gasteiger charge is 2.24. The normalized spacial score (nSPS) is 19.4. The molecule has 1 aliphatic heterocycles. The molecule has 92 valence electrons. The molecular weight excluding hydrogens is 284 g/mol. The summed E-state index contributed by atoms with van der Waals surface area (Å²) in [4.78, 5) is 11.8. The molecule has 1 unspecified atom stereocenters. The topological polar surface area (TPSA) is 38.3 Å². The van der Waals surface area contributed by atoms with E-state index in [1.54, 1.807) is 0 Å². The molecule has 0 aliphatic carbocycles. The number of halogens is 3. The van der Waals surface area contributed by atoms with Crippen LogP contribution in [0.2, 0.25) is 15.1 Å². The molecular formula is C11H10Cl3NO2. The highest BCUT2D eigenvalue weighted by Crippen LogP contribution is 2.34. The van der Waals surface area contributed by atoms with Gasteiger partial charge >= 0.3 is 0 Å². The highest BCUT2D eigenvalue weighted by molar-refractivity contribution is 6.42. The summed E-state index contributed by atoms with van der Waals surface area (Å²) in [5.74, 6) is -0.228. The van der Waals surface area contributed by atoms with Crippen molar-refractivity contribution in [2.24, 2.45) is 0 Å². The molecule has 6 heteroatoms. The zero-order valence-corrected chi connectivity index (χ0v) is 11.1. The fraction of sp³-hybridized carbons (Fsp3) is 0.364. The summed E-state index contributed by atoms with van der Waals surface area (Å²) in [5.41, 5.74) is 0.373. The first-order chi connectivity index (χ1) is 8.08.